The summed E-state index contributed by atoms with van der Waals surface area (Å²) in [6, 6.07) is 0. The van der Waals surface area contributed by atoms with Gasteiger partial charge in [0.2, 0.25) is 0 Å². The summed E-state index contributed by atoms with van der Waals surface area (Å²) in [5.41, 5.74) is 0. The maximum Gasteiger partial charge on any atom is 0.111 e. The van der Waals surface area contributed by atoms with E-state index in [4.69, 9.17) is 4.74 Å². The minimum Gasteiger partial charge on any atom is -0.357 e. The van der Waals surface area contributed by atoms with Gasteiger partial charge < -0.3 is 4.74 Å². The van der Waals surface area contributed by atoms with E-state index < -0.39 is 0 Å². The standard InChI is InChI=1S/C7H12NO/c1-2-6-3-5-9-7(6)8-4-1/h5-8H,1-4H2. The SMILES string of the molecule is [CH]1CC2CCCNC2O1. The molecule has 2 saturated heterocycles. The Morgan fingerprint density at radius 2 is 2.56 bits per heavy atom. The van der Waals surface area contributed by atoms with E-state index in [0.717, 1.165) is 18.9 Å². The highest BCUT2D eigenvalue weighted by molar-refractivity contribution is 4.83. The summed E-state index contributed by atoms with van der Waals surface area (Å²) in [6.07, 6.45) is 4.17. The molecule has 0 aromatic heterocycles. The molecule has 2 nitrogen and oxygen atoms in total. The second-order valence-electron chi connectivity index (χ2n) is 2.82. The summed E-state index contributed by atoms with van der Waals surface area (Å²) in [5.74, 6) is 0.777. The molecule has 0 aliphatic carbocycles. The van der Waals surface area contributed by atoms with Crippen LogP contribution in [0.3, 0.4) is 0 Å². The van der Waals surface area contributed by atoms with Crippen molar-refractivity contribution in [3.05, 3.63) is 6.61 Å². The molecule has 0 bridgehead atoms. The summed E-state index contributed by atoms with van der Waals surface area (Å²) in [4.78, 5) is 0. The number of ether oxygens (including phenoxy) is 1. The van der Waals surface area contributed by atoms with Crippen LogP contribution in [0.2, 0.25) is 0 Å². The van der Waals surface area contributed by atoms with Crippen LogP contribution < -0.4 is 5.32 Å². The van der Waals surface area contributed by atoms with Gasteiger partial charge in [0.05, 0.1) is 6.61 Å². The van der Waals surface area contributed by atoms with Gasteiger partial charge in [0.15, 0.2) is 0 Å². The molecule has 0 saturated carbocycles. The molecular formula is C7H12NO. The fourth-order valence-electron chi connectivity index (χ4n) is 1.61. The van der Waals surface area contributed by atoms with Crippen molar-refractivity contribution in [1.82, 2.24) is 5.32 Å². The third-order valence-electron chi connectivity index (χ3n) is 2.17. The molecule has 2 heterocycles. The van der Waals surface area contributed by atoms with Crippen molar-refractivity contribution < 1.29 is 4.74 Å². The lowest BCUT2D eigenvalue weighted by Crippen LogP contribution is -2.38. The van der Waals surface area contributed by atoms with Crippen LogP contribution in [-0.2, 0) is 4.74 Å². The van der Waals surface area contributed by atoms with E-state index >= 15 is 0 Å². The number of rotatable bonds is 0. The molecule has 0 amide bonds. The monoisotopic (exact) mass is 126 g/mol. The molecule has 2 heteroatoms. The number of nitrogens with one attached hydrogen (secondary N) is 1. The second kappa shape index (κ2) is 2.27. The highest BCUT2D eigenvalue weighted by atomic mass is 16.5. The predicted molar refractivity (Wildman–Crippen MR) is 34.5 cm³/mol. The normalized spacial score (nSPS) is 42.7. The maximum atomic E-state index is 5.32. The molecular weight excluding hydrogens is 114 g/mol. The summed E-state index contributed by atoms with van der Waals surface area (Å²) >= 11 is 0. The van der Waals surface area contributed by atoms with Crippen molar-refractivity contribution >= 4 is 0 Å². The molecule has 2 aliphatic rings. The van der Waals surface area contributed by atoms with Crippen LogP contribution in [-0.4, -0.2) is 12.8 Å². The van der Waals surface area contributed by atoms with E-state index in [0.29, 0.717) is 6.23 Å². The van der Waals surface area contributed by atoms with Gasteiger partial charge in [-0.15, -0.1) is 0 Å². The van der Waals surface area contributed by atoms with Crippen LogP contribution in [0.15, 0.2) is 0 Å². The number of hydrogen-bond donors (Lipinski definition) is 1. The fourth-order valence-corrected chi connectivity index (χ4v) is 1.61. The molecule has 1 N–H and O–H groups in total. The van der Waals surface area contributed by atoms with Crippen LogP contribution >= 0.6 is 0 Å². The Morgan fingerprint density at radius 1 is 1.56 bits per heavy atom. The zero-order chi connectivity index (χ0) is 6.10. The minimum atomic E-state index is 0.360. The van der Waals surface area contributed by atoms with Gasteiger partial charge in [-0.25, -0.2) is 0 Å². The van der Waals surface area contributed by atoms with Gasteiger partial charge in [0, 0.05) is 5.92 Å². The molecule has 2 atom stereocenters. The molecule has 2 fully saturated rings. The van der Waals surface area contributed by atoms with Gasteiger partial charge in [-0.3, -0.25) is 5.32 Å². The lowest BCUT2D eigenvalue weighted by molar-refractivity contribution is 0.0731. The van der Waals surface area contributed by atoms with E-state index in [1.165, 1.54) is 12.8 Å². The van der Waals surface area contributed by atoms with E-state index in [1.807, 2.05) is 6.61 Å². The average Bonchev–Trinajstić information content (AvgIpc) is 2.33. The van der Waals surface area contributed by atoms with Crippen molar-refractivity contribution in [1.29, 1.82) is 0 Å². The Labute approximate surface area is 55.6 Å². The van der Waals surface area contributed by atoms with E-state index in [1.54, 1.807) is 0 Å². The molecule has 0 aromatic rings. The largest absolute Gasteiger partial charge is 0.357 e. The van der Waals surface area contributed by atoms with E-state index in [9.17, 15) is 0 Å². The Bertz CT molecular complexity index is 93.1. The maximum absolute atomic E-state index is 5.32. The van der Waals surface area contributed by atoms with Crippen molar-refractivity contribution in [2.24, 2.45) is 5.92 Å². The van der Waals surface area contributed by atoms with Gasteiger partial charge >= 0.3 is 0 Å². The first-order valence-electron chi connectivity index (χ1n) is 3.67. The Hall–Kier alpha value is -0.0800. The zero-order valence-corrected chi connectivity index (χ0v) is 5.47. The van der Waals surface area contributed by atoms with Crippen LogP contribution in [0.1, 0.15) is 19.3 Å². The molecule has 51 valence electrons. The summed E-state index contributed by atoms with van der Waals surface area (Å²) < 4.78 is 5.32. The first-order chi connectivity index (χ1) is 4.47. The Morgan fingerprint density at radius 3 is 3.44 bits per heavy atom. The van der Waals surface area contributed by atoms with Crippen LogP contribution in [0.25, 0.3) is 0 Å². The summed E-state index contributed by atoms with van der Waals surface area (Å²) in [7, 11) is 0. The molecule has 0 spiro atoms. The molecule has 9 heavy (non-hydrogen) atoms. The number of hydrogen-bond acceptors (Lipinski definition) is 2. The lowest BCUT2D eigenvalue weighted by atomic mass is 9.97. The fraction of sp³-hybridized carbons (Fsp3) is 0.857. The van der Waals surface area contributed by atoms with Gasteiger partial charge in [0.25, 0.3) is 0 Å². The average molecular weight is 126 g/mol. The molecule has 2 rings (SSSR count). The van der Waals surface area contributed by atoms with Crippen molar-refractivity contribution in [3.8, 4) is 0 Å². The first-order valence-corrected chi connectivity index (χ1v) is 3.67. The van der Waals surface area contributed by atoms with Crippen molar-refractivity contribution in [2.75, 3.05) is 6.54 Å². The minimum absolute atomic E-state index is 0.360. The van der Waals surface area contributed by atoms with Crippen LogP contribution in [0.5, 0.6) is 0 Å². The molecule has 2 aliphatic heterocycles. The topological polar surface area (TPSA) is 21.3 Å². The quantitative estimate of drug-likeness (QED) is 0.520. The highest BCUT2D eigenvalue weighted by Gasteiger charge is 2.29. The number of fused-ring (bicyclic) bond motifs is 1. The van der Waals surface area contributed by atoms with Crippen LogP contribution in [0.4, 0.5) is 0 Å². The predicted octanol–water partition coefficient (Wildman–Crippen LogP) is 0.894. The summed E-state index contributed by atoms with van der Waals surface area (Å²) in [5, 5.41) is 3.33. The van der Waals surface area contributed by atoms with Gasteiger partial charge in [-0.2, -0.15) is 0 Å². The Kier molecular flexibility index (Phi) is 1.44. The van der Waals surface area contributed by atoms with E-state index in [-0.39, 0.29) is 0 Å². The molecule has 1 radical (unpaired) electrons. The van der Waals surface area contributed by atoms with E-state index in [2.05, 4.69) is 5.32 Å². The first kappa shape index (κ1) is 5.69. The lowest BCUT2D eigenvalue weighted by Gasteiger charge is -2.24. The van der Waals surface area contributed by atoms with Gasteiger partial charge in [-0.05, 0) is 25.8 Å². The third kappa shape index (κ3) is 0.970. The molecule has 2 unspecified atom stereocenters. The zero-order valence-electron chi connectivity index (χ0n) is 5.47. The van der Waals surface area contributed by atoms with Gasteiger partial charge in [-0.1, -0.05) is 0 Å². The number of piperidine rings is 1. The molecule has 0 aromatic carbocycles. The highest BCUT2D eigenvalue weighted by Crippen LogP contribution is 2.28. The third-order valence-corrected chi connectivity index (χ3v) is 2.17. The van der Waals surface area contributed by atoms with Crippen molar-refractivity contribution in [3.63, 3.8) is 0 Å². The van der Waals surface area contributed by atoms with Crippen molar-refractivity contribution in [2.45, 2.75) is 25.5 Å². The van der Waals surface area contributed by atoms with Gasteiger partial charge in [0.1, 0.15) is 6.23 Å². The Balaban J connectivity index is 1.97. The van der Waals surface area contributed by atoms with Crippen LogP contribution in [0, 0.1) is 12.5 Å². The summed E-state index contributed by atoms with van der Waals surface area (Å²) in [6.45, 7) is 3.07. The second-order valence-corrected chi connectivity index (χ2v) is 2.82. The smallest absolute Gasteiger partial charge is 0.111 e.